The molecule has 160 valence electrons. The fourth-order valence-electron chi connectivity index (χ4n) is 3.84. The van der Waals surface area contributed by atoms with E-state index in [1.807, 2.05) is 49.4 Å². The number of nitrogens with zero attached hydrogens (tertiary/aromatic N) is 2. The fourth-order valence-corrected chi connectivity index (χ4v) is 4.89. The number of hydrogen-bond donors (Lipinski definition) is 2. The number of para-hydroxylation sites is 1. The van der Waals surface area contributed by atoms with Gasteiger partial charge in [0.25, 0.3) is 0 Å². The maximum atomic E-state index is 12.7. The lowest BCUT2D eigenvalue weighted by atomic mass is 10.1. The minimum absolute atomic E-state index is 0.245. The molecule has 0 aliphatic rings. The number of H-pyrrole nitrogens is 1. The van der Waals surface area contributed by atoms with Crippen LogP contribution in [-0.2, 0) is 17.8 Å². The largest absolute Gasteiger partial charge is 0.457 e. The molecule has 0 aliphatic heterocycles. The topological polar surface area (TPSA) is 79.9 Å². The van der Waals surface area contributed by atoms with Crippen LogP contribution in [0.1, 0.15) is 26.4 Å². The van der Waals surface area contributed by atoms with E-state index in [4.69, 9.17) is 4.74 Å². The van der Waals surface area contributed by atoms with Gasteiger partial charge in [-0.1, -0.05) is 48.5 Å². The number of aryl methyl sites for hydroxylation is 1. The zero-order valence-corrected chi connectivity index (χ0v) is 18.4. The van der Waals surface area contributed by atoms with Gasteiger partial charge in [0.2, 0.25) is 0 Å². The third-order valence-corrected chi connectivity index (χ3v) is 6.67. The van der Waals surface area contributed by atoms with E-state index in [0.717, 1.165) is 45.6 Å². The van der Waals surface area contributed by atoms with Crippen molar-refractivity contribution in [2.45, 2.75) is 20.0 Å². The number of esters is 1. The molecular weight excluding hydrogens is 420 g/mol. The summed E-state index contributed by atoms with van der Waals surface area (Å²) in [5.41, 5.74) is 4.20. The van der Waals surface area contributed by atoms with E-state index >= 15 is 0 Å². The highest BCUT2D eigenvalue weighted by atomic mass is 32.1. The number of carbonyl (C=O) groups is 1. The lowest BCUT2D eigenvalue weighted by Crippen LogP contribution is -2.07. The number of aromatic amines is 1. The first kappa shape index (κ1) is 20.2. The smallest absolute Gasteiger partial charge is 0.349 e. The van der Waals surface area contributed by atoms with Crippen molar-refractivity contribution >= 4 is 44.2 Å². The number of ether oxygens (including phenoxy) is 1. The molecule has 6 nitrogen and oxygen atoms in total. The molecule has 5 aromatic rings. The molecular formula is C25H22N4O2S. The Hall–Kier alpha value is -3.71. The van der Waals surface area contributed by atoms with E-state index < -0.39 is 0 Å². The summed E-state index contributed by atoms with van der Waals surface area (Å²) in [7, 11) is 0. The molecule has 0 unspecified atom stereocenters. The van der Waals surface area contributed by atoms with E-state index in [1.54, 1.807) is 0 Å². The molecule has 2 N–H and O–H groups in total. The highest BCUT2D eigenvalue weighted by molar-refractivity contribution is 7.20. The van der Waals surface area contributed by atoms with Gasteiger partial charge in [0.15, 0.2) is 0 Å². The predicted molar refractivity (Wildman–Crippen MR) is 128 cm³/mol. The van der Waals surface area contributed by atoms with Gasteiger partial charge in [-0.3, -0.25) is 0 Å². The van der Waals surface area contributed by atoms with Crippen LogP contribution in [0.4, 0.5) is 5.82 Å². The summed E-state index contributed by atoms with van der Waals surface area (Å²) in [5.74, 6) is 0.407. The molecule has 0 fully saturated rings. The first-order valence-corrected chi connectivity index (χ1v) is 11.3. The molecule has 7 heteroatoms. The molecule has 0 amide bonds. The number of benzene rings is 2. The summed E-state index contributed by atoms with van der Waals surface area (Å²) in [6.45, 7) is 2.89. The lowest BCUT2D eigenvalue weighted by molar-refractivity contribution is 0.0478. The zero-order valence-electron chi connectivity index (χ0n) is 17.6. The first-order chi connectivity index (χ1) is 15.7. The lowest BCUT2D eigenvalue weighted by Gasteiger charge is -2.07. The molecule has 0 aliphatic carbocycles. The minimum atomic E-state index is -0.334. The predicted octanol–water partition coefficient (Wildman–Crippen LogP) is 5.49. The van der Waals surface area contributed by atoms with Gasteiger partial charge in [0.1, 0.15) is 28.5 Å². The van der Waals surface area contributed by atoms with Crippen LogP contribution >= 0.6 is 11.3 Å². The maximum absolute atomic E-state index is 12.7. The number of fused-ring (bicyclic) bond motifs is 2. The van der Waals surface area contributed by atoms with Crippen molar-refractivity contribution in [3.05, 3.63) is 88.7 Å². The van der Waals surface area contributed by atoms with E-state index in [0.29, 0.717) is 4.88 Å². The van der Waals surface area contributed by atoms with Crippen LogP contribution in [0, 0.1) is 6.92 Å². The van der Waals surface area contributed by atoms with Crippen LogP contribution in [0.5, 0.6) is 0 Å². The Balaban J connectivity index is 1.32. The van der Waals surface area contributed by atoms with Crippen LogP contribution in [0.2, 0.25) is 0 Å². The Bertz CT molecular complexity index is 1390. The van der Waals surface area contributed by atoms with E-state index in [-0.39, 0.29) is 12.6 Å². The molecule has 3 aromatic heterocycles. The van der Waals surface area contributed by atoms with Gasteiger partial charge in [0, 0.05) is 23.6 Å². The first-order valence-electron chi connectivity index (χ1n) is 10.4. The number of rotatable bonds is 7. The van der Waals surface area contributed by atoms with Crippen molar-refractivity contribution in [3.8, 4) is 0 Å². The molecule has 3 heterocycles. The summed E-state index contributed by atoms with van der Waals surface area (Å²) in [5, 5.41) is 5.54. The second-order valence-electron chi connectivity index (χ2n) is 7.56. The van der Waals surface area contributed by atoms with E-state index in [9.17, 15) is 4.79 Å². The highest BCUT2D eigenvalue weighted by Gasteiger charge is 2.20. The van der Waals surface area contributed by atoms with Crippen LogP contribution < -0.4 is 5.32 Å². The number of anilines is 1. The second-order valence-corrected chi connectivity index (χ2v) is 8.56. The van der Waals surface area contributed by atoms with Gasteiger partial charge in [-0.25, -0.2) is 14.8 Å². The van der Waals surface area contributed by atoms with Crippen LogP contribution in [0.3, 0.4) is 0 Å². The Morgan fingerprint density at radius 2 is 1.91 bits per heavy atom. The summed E-state index contributed by atoms with van der Waals surface area (Å²) >= 11 is 1.34. The Morgan fingerprint density at radius 3 is 2.78 bits per heavy atom. The van der Waals surface area contributed by atoms with Gasteiger partial charge in [0.05, 0.1) is 5.39 Å². The highest BCUT2D eigenvalue weighted by Crippen LogP contribution is 2.34. The van der Waals surface area contributed by atoms with Crippen molar-refractivity contribution < 1.29 is 9.53 Å². The monoisotopic (exact) mass is 442 g/mol. The van der Waals surface area contributed by atoms with Crippen LogP contribution in [-0.4, -0.2) is 27.5 Å². The van der Waals surface area contributed by atoms with Gasteiger partial charge < -0.3 is 15.0 Å². The number of hydrogen-bond acceptors (Lipinski definition) is 6. The van der Waals surface area contributed by atoms with Crippen molar-refractivity contribution in [1.29, 1.82) is 0 Å². The number of carbonyl (C=O) groups excluding carboxylic acids is 1. The number of thiophene rings is 1. The van der Waals surface area contributed by atoms with Gasteiger partial charge in [-0.15, -0.1) is 11.3 Å². The van der Waals surface area contributed by atoms with Crippen LogP contribution in [0.15, 0.2) is 67.1 Å². The van der Waals surface area contributed by atoms with Crippen LogP contribution in [0.25, 0.3) is 21.1 Å². The molecule has 0 bridgehead atoms. The number of nitrogens with one attached hydrogen (secondary N) is 2. The maximum Gasteiger partial charge on any atom is 0.349 e. The van der Waals surface area contributed by atoms with E-state index in [1.165, 1.54) is 28.6 Å². The molecule has 0 atom stereocenters. The molecule has 32 heavy (non-hydrogen) atoms. The van der Waals surface area contributed by atoms with Crippen molar-refractivity contribution in [1.82, 2.24) is 15.0 Å². The van der Waals surface area contributed by atoms with Gasteiger partial charge in [-0.05, 0) is 36.1 Å². The summed E-state index contributed by atoms with van der Waals surface area (Å²) in [6, 6.07) is 17.9. The molecule has 0 saturated carbocycles. The fraction of sp³-hybridized carbons (Fsp3) is 0.160. The SMILES string of the molecule is Cc1c(C(=O)OCc2ccccc2)sc2ncnc(NCCc3c[nH]c4ccccc34)c12. The van der Waals surface area contributed by atoms with Crippen molar-refractivity contribution in [2.24, 2.45) is 0 Å². The van der Waals surface area contributed by atoms with Gasteiger partial charge in [-0.2, -0.15) is 0 Å². The Morgan fingerprint density at radius 1 is 1.09 bits per heavy atom. The Kier molecular flexibility index (Phi) is 5.56. The molecule has 2 aromatic carbocycles. The van der Waals surface area contributed by atoms with Crippen molar-refractivity contribution in [2.75, 3.05) is 11.9 Å². The average Bonchev–Trinajstić information content (AvgIpc) is 3.40. The molecule has 0 spiro atoms. The second kappa shape index (κ2) is 8.80. The third-order valence-electron chi connectivity index (χ3n) is 5.49. The minimum Gasteiger partial charge on any atom is -0.457 e. The standard InChI is InChI=1S/C25H22N4O2S/c1-16-21-23(26-12-11-18-13-27-20-10-6-5-9-19(18)20)28-15-29-24(21)32-22(16)25(30)31-14-17-7-3-2-4-8-17/h2-10,13,15,27H,11-12,14H2,1H3,(H,26,28,29). The molecule has 0 saturated heterocycles. The van der Waals surface area contributed by atoms with E-state index in [2.05, 4.69) is 38.6 Å². The number of aromatic nitrogens is 3. The van der Waals surface area contributed by atoms with Crippen molar-refractivity contribution in [3.63, 3.8) is 0 Å². The summed E-state index contributed by atoms with van der Waals surface area (Å²) < 4.78 is 5.53. The Labute approximate surface area is 189 Å². The average molecular weight is 443 g/mol. The quantitative estimate of drug-likeness (QED) is 0.326. The normalized spacial score (nSPS) is 11.2. The van der Waals surface area contributed by atoms with Gasteiger partial charge >= 0.3 is 5.97 Å². The zero-order chi connectivity index (χ0) is 21.9. The molecule has 0 radical (unpaired) electrons. The summed E-state index contributed by atoms with van der Waals surface area (Å²) in [4.78, 5) is 26.2. The summed E-state index contributed by atoms with van der Waals surface area (Å²) in [6.07, 6.45) is 4.44. The third kappa shape index (κ3) is 3.94. The molecule has 5 rings (SSSR count).